The Balaban J connectivity index is 2.11. The smallest absolute Gasteiger partial charge is 0.358 e. The number of rotatable bonds is 4. The minimum absolute atomic E-state index is 0.0569. The number of hydrogen-bond acceptors (Lipinski definition) is 4. The second-order valence-electron chi connectivity index (χ2n) is 3.45. The van der Waals surface area contributed by atoms with Gasteiger partial charge in [0.25, 0.3) is 0 Å². The van der Waals surface area contributed by atoms with E-state index in [0.717, 1.165) is 11.3 Å². The fourth-order valence-corrected chi connectivity index (χ4v) is 1.39. The Bertz CT molecular complexity index is 519. The van der Waals surface area contributed by atoms with Crippen molar-refractivity contribution in [2.24, 2.45) is 0 Å². The number of benzene rings is 1. The fraction of sp³-hybridized carbons (Fsp3) is 0.182. The molecule has 6 nitrogen and oxygen atoms in total. The summed E-state index contributed by atoms with van der Waals surface area (Å²) in [7, 11) is 1.60. The summed E-state index contributed by atoms with van der Waals surface area (Å²) >= 11 is 0. The molecule has 88 valence electrons. The summed E-state index contributed by atoms with van der Waals surface area (Å²) in [6.45, 7) is 0.476. The van der Waals surface area contributed by atoms with E-state index in [1.807, 2.05) is 24.3 Å². The molecule has 2 rings (SSSR count). The first-order chi connectivity index (χ1) is 8.19. The van der Waals surface area contributed by atoms with Gasteiger partial charge in [-0.25, -0.2) is 9.48 Å². The molecule has 0 saturated heterocycles. The highest BCUT2D eigenvalue weighted by atomic mass is 16.5. The Morgan fingerprint density at radius 2 is 2.12 bits per heavy atom. The molecule has 0 aliphatic heterocycles. The zero-order valence-electron chi connectivity index (χ0n) is 9.20. The monoisotopic (exact) mass is 233 g/mol. The van der Waals surface area contributed by atoms with Crippen molar-refractivity contribution in [2.75, 3.05) is 7.11 Å². The average molecular weight is 233 g/mol. The van der Waals surface area contributed by atoms with Crippen LogP contribution in [0.1, 0.15) is 16.1 Å². The summed E-state index contributed by atoms with van der Waals surface area (Å²) in [5, 5.41) is 16.0. The van der Waals surface area contributed by atoms with Gasteiger partial charge in [0.1, 0.15) is 5.75 Å². The van der Waals surface area contributed by atoms with Gasteiger partial charge in [-0.3, -0.25) is 0 Å². The lowest BCUT2D eigenvalue weighted by Crippen LogP contribution is -2.00. The van der Waals surface area contributed by atoms with Crippen molar-refractivity contribution in [3.05, 3.63) is 41.7 Å². The lowest BCUT2D eigenvalue weighted by molar-refractivity contribution is 0.0690. The van der Waals surface area contributed by atoms with E-state index < -0.39 is 5.97 Å². The summed E-state index contributed by atoms with van der Waals surface area (Å²) in [5.41, 5.74) is 0.936. The molecule has 1 N–H and O–H groups in total. The van der Waals surface area contributed by atoms with Gasteiger partial charge in [0.2, 0.25) is 0 Å². The molecule has 0 unspecified atom stereocenters. The third-order valence-electron chi connectivity index (χ3n) is 2.26. The zero-order chi connectivity index (χ0) is 12.3. The van der Waals surface area contributed by atoms with Gasteiger partial charge < -0.3 is 9.84 Å². The van der Waals surface area contributed by atoms with Crippen LogP contribution in [0.5, 0.6) is 5.75 Å². The van der Waals surface area contributed by atoms with Crippen molar-refractivity contribution in [3.8, 4) is 5.75 Å². The van der Waals surface area contributed by atoms with Crippen LogP contribution in [0.15, 0.2) is 30.5 Å². The molecular formula is C11H11N3O3. The number of ether oxygens (including phenoxy) is 1. The SMILES string of the molecule is COc1ccc(Cn2cc(C(=O)O)nn2)cc1. The number of carboxylic acids is 1. The Labute approximate surface area is 97.4 Å². The number of nitrogens with zero attached hydrogens (tertiary/aromatic N) is 3. The molecule has 1 aromatic carbocycles. The predicted molar refractivity (Wildman–Crippen MR) is 59.1 cm³/mol. The Kier molecular flexibility index (Phi) is 3.04. The molecule has 0 bridgehead atoms. The van der Waals surface area contributed by atoms with Crippen LogP contribution in [-0.2, 0) is 6.54 Å². The quantitative estimate of drug-likeness (QED) is 0.853. The van der Waals surface area contributed by atoms with E-state index in [4.69, 9.17) is 9.84 Å². The molecular weight excluding hydrogens is 222 g/mol. The van der Waals surface area contributed by atoms with Crippen LogP contribution in [0.2, 0.25) is 0 Å². The van der Waals surface area contributed by atoms with Crippen LogP contribution >= 0.6 is 0 Å². The van der Waals surface area contributed by atoms with Crippen LogP contribution in [0.4, 0.5) is 0 Å². The van der Waals surface area contributed by atoms with Crippen molar-refractivity contribution >= 4 is 5.97 Å². The van der Waals surface area contributed by atoms with Crippen LogP contribution in [0, 0.1) is 0 Å². The molecule has 0 fully saturated rings. The summed E-state index contributed by atoms with van der Waals surface area (Å²) in [5.74, 6) is -0.301. The van der Waals surface area contributed by atoms with E-state index in [2.05, 4.69) is 10.3 Å². The van der Waals surface area contributed by atoms with Gasteiger partial charge in [0.15, 0.2) is 5.69 Å². The first kappa shape index (κ1) is 11.1. The van der Waals surface area contributed by atoms with E-state index in [1.165, 1.54) is 10.9 Å². The molecule has 6 heteroatoms. The summed E-state index contributed by atoms with van der Waals surface area (Å²) in [6, 6.07) is 7.46. The van der Waals surface area contributed by atoms with Gasteiger partial charge in [0.05, 0.1) is 19.9 Å². The molecule has 0 aliphatic rings. The van der Waals surface area contributed by atoms with Gasteiger partial charge in [-0.05, 0) is 17.7 Å². The number of carbonyl (C=O) groups is 1. The summed E-state index contributed by atoms with van der Waals surface area (Å²) in [4.78, 5) is 10.6. The van der Waals surface area contributed by atoms with Crippen LogP contribution < -0.4 is 4.74 Å². The van der Waals surface area contributed by atoms with E-state index in [-0.39, 0.29) is 5.69 Å². The Morgan fingerprint density at radius 3 is 2.65 bits per heavy atom. The number of aromatic carboxylic acids is 1. The topological polar surface area (TPSA) is 77.2 Å². The first-order valence-corrected chi connectivity index (χ1v) is 4.95. The third kappa shape index (κ3) is 2.60. The van der Waals surface area contributed by atoms with E-state index in [0.29, 0.717) is 6.54 Å². The maximum atomic E-state index is 10.6. The van der Waals surface area contributed by atoms with Crippen molar-refractivity contribution in [1.29, 1.82) is 0 Å². The molecule has 17 heavy (non-hydrogen) atoms. The molecule has 0 aliphatic carbocycles. The highest BCUT2D eigenvalue weighted by Crippen LogP contribution is 2.12. The lowest BCUT2D eigenvalue weighted by atomic mass is 10.2. The van der Waals surface area contributed by atoms with Crippen molar-refractivity contribution < 1.29 is 14.6 Å². The zero-order valence-corrected chi connectivity index (χ0v) is 9.20. The minimum atomic E-state index is -1.08. The molecule has 1 heterocycles. The number of hydrogen-bond donors (Lipinski definition) is 1. The molecule has 0 saturated carbocycles. The highest BCUT2D eigenvalue weighted by molar-refractivity contribution is 5.84. The fourth-order valence-electron chi connectivity index (χ4n) is 1.39. The lowest BCUT2D eigenvalue weighted by Gasteiger charge is -2.02. The average Bonchev–Trinajstić information content (AvgIpc) is 2.79. The van der Waals surface area contributed by atoms with Crippen LogP contribution in [0.25, 0.3) is 0 Å². The van der Waals surface area contributed by atoms with Gasteiger partial charge >= 0.3 is 5.97 Å². The summed E-state index contributed by atoms with van der Waals surface area (Å²) < 4.78 is 6.52. The molecule has 0 atom stereocenters. The van der Waals surface area contributed by atoms with E-state index in [9.17, 15) is 4.79 Å². The minimum Gasteiger partial charge on any atom is -0.497 e. The second kappa shape index (κ2) is 4.65. The molecule has 0 radical (unpaired) electrons. The molecule has 0 spiro atoms. The maximum absolute atomic E-state index is 10.6. The third-order valence-corrected chi connectivity index (χ3v) is 2.26. The van der Waals surface area contributed by atoms with Gasteiger partial charge in [-0.2, -0.15) is 0 Å². The maximum Gasteiger partial charge on any atom is 0.358 e. The van der Waals surface area contributed by atoms with Gasteiger partial charge in [-0.1, -0.05) is 17.3 Å². The Hall–Kier alpha value is -2.37. The van der Waals surface area contributed by atoms with Crippen molar-refractivity contribution in [1.82, 2.24) is 15.0 Å². The predicted octanol–water partition coefficient (Wildman–Crippen LogP) is 1.03. The van der Waals surface area contributed by atoms with E-state index in [1.54, 1.807) is 7.11 Å². The number of aromatic nitrogens is 3. The number of carboxylic acid groups (broad SMARTS) is 1. The van der Waals surface area contributed by atoms with Gasteiger partial charge in [0, 0.05) is 0 Å². The number of methoxy groups -OCH3 is 1. The standard InChI is InChI=1S/C11H11N3O3/c1-17-9-4-2-8(3-5-9)6-14-7-10(11(15)16)12-13-14/h2-5,7H,6H2,1H3,(H,15,16). The van der Waals surface area contributed by atoms with Crippen molar-refractivity contribution in [3.63, 3.8) is 0 Å². The summed E-state index contributed by atoms with van der Waals surface area (Å²) in [6.07, 6.45) is 1.40. The second-order valence-corrected chi connectivity index (χ2v) is 3.45. The largest absolute Gasteiger partial charge is 0.497 e. The molecule has 1 aromatic heterocycles. The van der Waals surface area contributed by atoms with Gasteiger partial charge in [-0.15, -0.1) is 5.10 Å². The highest BCUT2D eigenvalue weighted by Gasteiger charge is 2.08. The molecule has 2 aromatic rings. The van der Waals surface area contributed by atoms with Crippen LogP contribution in [0.3, 0.4) is 0 Å². The van der Waals surface area contributed by atoms with E-state index >= 15 is 0 Å². The van der Waals surface area contributed by atoms with Crippen LogP contribution in [-0.4, -0.2) is 33.2 Å². The normalized spacial score (nSPS) is 10.2. The first-order valence-electron chi connectivity index (χ1n) is 4.95. The van der Waals surface area contributed by atoms with Crippen molar-refractivity contribution in [2.45, 2.75) is 6.54 Å². The molecule has 0 amide bonds. The Morgan fingerprint density at radius 1 is 1.41 bits per heavy atom.